The molecule has 0 aliphatic carbocycles. The van der Waals surface area contributed by atoms with Crippen molar-refractivity contribution < 1.29 is 17.0 Å². The van der Waals surface area contributed by atoms with E-state index in [-0.39, 0.29) is 12.4 Å². The summed E-state index contributed by atoms with van der Waals surface area (Å²) in [4.78, 5) is 2.36. The van der Waals surface area contributed by atoms with Crippen LogP contribution in [0.4, 0.5) is 11.4 Å². The van der Waals surface area contributed by atoms with Gasteiger partial charge in [-0.25, -0.2) is 9.48 Å². The van der Waals surface area contributed by atoms with Crippen LogP contribution in [0, 0.1) is 14.3 Å². The Kier molecular flexibility index (Phi) is 7.49. The van der Waals surface area contributed by atoms with Crippen molar-refractivity contribution in [3.63, 3.8) is 0 Å². The Hall–Kier alpha value is 1.12. The Labute approximate surface area is 191 Å². The minimum absolute atomic E-state index is 0. The van der Waals surface area contributed by atoms with Crippen molar-refractivity contribution in [1.29, 1.82) is 0 Å². The predicted molar refractivity (Wildman–Crippen MR) is 122 cm³/mol. The van der Waals surface area contributed by atoms with Gasteiger partial charge in [-0.05, 0) is 115 Å². The van der Waals surface area contributed by atoms with E-state index in [1.54, 1.807) is 0 Å². The van der Waals surface area contributed by atoms with Crippen LogP contribution in [0.15, 0.2) is 36.4 Å². The highest BCUT2D eigenvalue weighted by Crippen LogP contribution is 2.32. The van der Waals surface area contributed by atoms with E-state index in [1.807, 2.05) is 0 Å². The van der Waals surface area contributed by atoms with Crippen LogP contribution in [0.2, 0.25) is 0 Å². The van der Waals surface area contributed by atoms with Crippen molar-refractivity contribution in [2.24, 2.45) is 0 Å². The molecule has 0 N–H and O–H groups in total. The zero-order valence-electron chi connectivity index (χ0n) is 11.2. The monoisotopic (exact) mass is 762 g/mol. The number of rotatable bonds is 2. The molecule has 2 aromatic carbocycles. The van der Waals surface area contributed by atoms with E-state index in [2.05, 4.69) is 143 Å². The van der Waals surface area contributed by atoms with Crippen LogP contribution >= 0.6 is 90.4 Å². The predicted octanol–water partition coefficient (Wildman–Crippen LogP) is 2.30. The SMILES string of the molecule is Ic1cccc(I)c1N1C=[N+](c2c(I)cccc2I)CC1.[Cl-]. The second-order valence-corrected chi connectivity index (χ2v) is 9.29. The van der Waals surface area contributed by atoms with Gasteiger partial charge in [0.25, 0.3) is 0 Å². The van der Waals surface area contributed by atoms with Crippen molar-refractivity contribution in [3.8, 4) is 0 Å². The lowest BCUT2D eigenvalue weighted by Crippen LogP contribution is -3.00. The van der Waals surface area contributed by atoms with Crippen molar-refractivity contribution in [1.82, 2.24) is 0 Å². The van der Waals surface area contributed by atoms with Crippen LogP contribution in [0.25, 0.3) is 0 Å². The second-order valence-electron chi connectivity index (χ2n) is 4.64. The Morgan fingerprint density at radius 1 is 0.818 bits per heavy atom. The molecular weight excluding hydrogens is 751 g/mol. The molecule has 0 aromatic heterocycles. The van der Waals surface area contributed by atoms with E-state index in [9.17, 15) is 0 Å². The number of hydrogen-bond donors (Lipinski definition) is 0. The molecule has 116 valence electrons. The fraction of sp³-hybridized carbons (Fsp3) is 0.133. The minimum Gasteiger partial charge on any atom is -1.00 e. The van der Waals surface area contributed by atoms with E-state index in [0.29, 0.717) is 0 Å². The van der Waals surface area contributed by atoms with Gasteiger partial charge in [-0.15, -0.1) is 0 Å². The van der Waals surface area contributed by atoms with Gasteiger partial charge in [-0.2, -0.15) is 0 Å². The van der Waals surface area contributed by atoms with Crippen LogP contribution in [0.3, 0.4) is 0 Å². The molecule has 3 rings (SSSR count). The van der Waals surface area contributed by atoms with Gasteiger partial charge in [-0.3, -0.25) is 0 Å². The molecule has 0 unspecified atom stereocenters. The molecule has 1 heterocycles. The summed E-state index contributed by atoms with van der Waals surface area (Å²) in [6.07, 6.45) is 2.25. The van der Waals surface area contributed by atoms with Gasteiger partial charge in [0.05, 0.1) is 14.3 Å². The largest absolute Gasteiger partial charge is 1.00 e. The highest BCUT2D eigenvalue weighted by molar-refractivity contribution is 14.1. The smallest absolute Gasteiger partial charge is 0.244 e. The third-order valence-corrected chi connectivity index (χ3v) is 6.79. The molecule has 0 saturated heterocycles. The fourth-order valence-corrected chi connectivity index (χ4v) is 6.63. The van der Waals surface area contributed by atoms with Crippen molar-refractivity contribution in [3.05, 3.63) is 50.7 Å². The highest BCUT2D eigenvalue weighted by Gasteiger charge is 2.27. The standard InChI is InChI=1S/C15H11I4N2.ClH/c16-10-3-1-4-11(17)14(10)20-7-8-21(9-20)15-12(18)5-2-6-13(15)19;/h1-6,9H,7-8H2;1H/q+1;/p-1. The van der Waals surface area contributed by atoms with Gasteiger partial charge < -0.3 is 12.4 Å². The summed E-state index contributed by atoms with van der Waals surface area (Å²) in [6, 6.07) is 12.9. The molecular formula is C15H11ClI4N2. The average Bonchev–Trinajstić information content (AvgIpc) is 2.87. The van der Waals surface area contributed by atoms with Crippen LogP contribution in [-0.4, -0.2) is 24.0 Å². The first-order valence-corrected chi connectivity index (χ1v) is 10.7. The number of nitrogens with zero attached hydrogens (tertiary/aromatic N) is 2. The molecule has 0 amide bonds. The Bertz CT molecular complexity index is 693. The number of anilines is 1. The molecule has 0 fully saturated rings. The highest BCUT2D eigenvalue weighted by atomic mass is 127. The molecule has 22 heavy (non-hydrogen) atoms. The molecule has 0 spiro atoms. The molecule has 0 saturated carbocycles. The zero-order valence-corrected chi connectivity index (χ0v) is 20.6. The quantitative estimate of drug-likeness (QED) is 0.337. The minimum atomic E-state index is 0. The maximum absolute atomic E-state index is 2.42. The van der Waals surface area contributed by atoms with Crippen LogP contribution in [-0.2, 0) is 0 Å². The van der Waals surface area contributed by atoms with Gasteiger partial charge in [-0.1, -0.05) is 12.1 Å². The van der Waals surface area contributed by atoms with E-state index in [4.69, 9.17) is 0 Å². The van der Waals surface area contributed by atoms with Crippen LogP contribution in [0.1, 0.15) is 0 Å². The molecule has 7 heteroatoms. The lowest BCUT2D eigenvalue weighted by Gasteiger charge is -2.10. The Morgan fingerprint density at radius 2 is 1.32 bits per heavy atom. The Morgan fingerprint density at radius 3 is 1.86 bits per heavy atom. The number of hydrogen-bond acceptors (Lipinski definition) is 1. The third kappa shape index (κ3) is 4.02. The number of para-hydroxylation sites is 2. The van der Waals surface area contributed by atoms with E-state index >= 15 is 0 Å². The zero-order chi connectivity index (χ0) is 15.0. The van der Waals surface area contributed by atoms with Crippen molar-refractivity contribution in [2.75, 3.05) is 18.0 Å². The van der Waals surface area contributed by atoms with Crippen LogP contribution in [0.5, 0.6) is 0 Å². The summed E-state index contributed by atoms with van der Waals surface area (Å²) in [5, 5.41) is 0. The molecule has 0 atom stereocenters. The third-order valence-electron chi connectivity index (χ3n) is 3.31. The normalized spacial score (nSPS) is 13.8. The molecule has 1 aliphatic heterocycles. The first kappa shape index (κ1) is 19.4. The molecule has 2 nitrogen and oxygen atoms in total. The lowest BCUT2D eigenvalue weighted by molar-refractivity contribution is -0.425. The lowest BCUT2D eigenvalue weighted by atomic mass is 10.3. The first-order valence-electron chi connectivity index (χ1n) is 6.34. The summed E-state index contributed by atoms with van der Waals surface area (Å²) in [6.45, 7) is 2.05. The van der Waals surface area contributed by atoms with E-state index in [1.165, 1.54) is 25.7 Å². The topological polar surface area (TPSA) is 6.25 Å². The fourth-order valence-electron chi connectivity index (χ4n) is 2.37. The maximum Gasteiger partial charge on any atom is 0.244 e. The summed E-state index contributed by atoms with van der Waals surface area (Å²) < 4.78 is 7.57. The summed E-state index contributed by atoms with van der Waals surface area (Å²) >= 11 is 9.69. The number of halogens is 5. The second kappa shape index (κ2) is 8.48. The van der Waals surface area contributed by atoms with E-state index < -0.39 is 0 Å². The average molecular weight is 762 g/mol. The molecule has 0 bridgehead atoms. The summed E-state index contributed by atoms with van der Waals surface area (Å²) in [5.74, 6) is 0. The number of benzene rings is 2. The first-order chi connectivity index (χ1) is 10.1. The van der Waals surface area contributed by atoms with Gasteiger partial charge in [0, 0.05) is 0 Å². The summed E-state index contributed by atoms with van der Waals surface area (Å²) in [7, 11) is 0. The van der Waals surface area contributed by atoms with Crippen molar-refractivity contribution >= 4 is 108 Å². The molecule has 2 aromatic rings. The maximum atomic E-state index is 2.42. The van der Waals surface area contributed by atoms with E-state index in [0.717, 1.165) is 13.1 Å². The molecule has 1 aliphatic rings. The van der Waals surface area contributed by atoms with Gasteiger partial charge >= 0.3 is 0 Å². The van der Waals surface area contributed by atoms with Crippen LogP contribution < -0.4 is 17.3 Å². The van der Waals surface area contributed by atoms with Gasteiger partial charge in [0.15, 0.2) is 11.4 Å². The Balaban J connectivity index is 0.00000176. The van der Waals surface area contributed by atoms with Crippen molar-refractivity contribution in [2.45, 2.75) is 0 Å². The molecule has 0 radical (unpaired) electrons. The van der Waals surface area contributed by atoms with Gasteiger partial charge in [0.2, 0.25) is 6.34 Å². The summed E-state index contributed by atoms with van der Waals surface area (Å²) in [5.41, 5.74) is 2.64. The van der Waals surface area contributed by atoms with Gasteiger partial charge in [0.1, 0.15) is 13.1 Å².